The zero-order chi connectivity index (χ0) is 19.3. The Morgan fingerprint density at radius 3 is 2.38 bits per heavy atom. The second-order valence-electron chi connectivity index (χ2n) is 10.3. The number of ether oxygens (including phenoxy) is 1. The molecule has 0 aromatic carbocycles. The molecule has 1 heterocycles. The number of aliphatic hydroxyl groups is 4. The summed E-state index contributed by atoms with van der Waals surface area (Å²) in [5, 5.41) is 43.5. The summed E-state index contributed by atoms with van der Waals surface area (Å²) in [7, 11) is 0. The van der Waals surface area contributed by atoms with Crippen LogP contribution in [0, 0.1) is 22.7 Å². The molecule has 4 aliphatic rings. The molecule has 1 aliphatic heterocycles. The van der Waals surface area contributed by atoms with Gasteiger partial charge in [0.15, 0.2) is 5.78 Å². The van der Waals surface area contributed by atoms with Gasteiger partial charge < -0.3 is 25.2 Å². The fourth-order valence-corrected chi connectivity index (χ4v) is 6.67. The fraction of sp³-hybridized carbons (Fsp3) is 0.950. The van der Waals surface area contributed by atoms with Crippen molar-refractivity contribution in [3.8, 4) is 0 Å². The molecule has 2 bridgehead atoms. The van der Waals surface area contributed by atoms with Crippen LogP contribution in [-0.4, -0.2) is 61.8 Å². The van der Waals surface area contributed by atoms with Gasteiger partial charge in [-0.05, 0) is 45.4 Å². The van der Waals surface area contributed by atoms with E-state index in [1.807, 2.05) is 6.92 Å². The van der Waals surface area contributed by atoms with Crippen LogP contribution in [0.15, 0.2) is 0 Å². The normalized spacial score (nSPS) is 58.7. The van der Waals surface area contributed by atoms with Gasteiger partial charge in [-0.25, -0.2) is 0 Å². The van der Waals surface area contributed by atoms with Crippen molar-refractivity contribution < 1.29 is 30.0 Å². The number of carbonyl (C=O) groups excluding carboxylic acids is 1. The summed E-state index contributed by atoms with van der Waals surface area (Å²) in [5.41, 5.74) is -3.35. The molecule has 4 rings (SSSR count). The van der Waals surface area contributed by atoms with E-state index in [9.17, 15) is 25.2 Å². The summed E-state index contributed by atoms with van der Waals surface area (Å²) in [6.45, 7) is 7.08. The lowest BCUT2D eigenvalue weighted by atomic mass is 9.57. The summed E-state index contributed by atoms with van der Waals surface area (Å²) < 4.78 is 6.06. The Hall–Kier alpha value is -0.530. The number of epoxide rings is 1. The number of Topliss-reactive ketones (excluding diaryl/α,β-unsaturated/α-hetero) is 1. The quantitative estimate of drug-likeness (QED) is 0.471. The first-order valence-electron chi connectivity index (χ1n) is 9.85. The molecule has 1 saturated heterocycles. The van der Waals surface area contributed by atoms with Gasteiger partial charge in [0, 0.05) is 17.8 Å². The highest BCUT2D eigenvalue weighted by molar-refractivity contribution is 5.88. The van der Waals surface area contributed by atoms with Crippen LogP contribution < -0.4 is 0 Å². The van der Waals surface area contributed by atoms with E-state index < -0.39 is 46.1 Å². The predicted molar refractivity (Wildman–Crippen MR) is 93.2 cm³/mol. The Morgan fingerprint density at radius 2 is 1.73 bits per heavy atom. The molecular formula is C20H32O6. The van der Waals surface area contributed by atoms with Crippen LogP contribution in [0.2, 0.25) is 0 Å². The smallest absolute Gasteiger partial charge is 0.169 e. The van der Waals surface area contributed by atoms with Crippen LogP contribution in [0.1, 0.15) is 59.8 Å². The predicted octanol–water partition coefficient (Wildman–Crippen LogP) is 0.783. The molecule has 0 amide bonds. The van der Waals surface area contributed by atoms with Crippen LogP contribution in [0.5, 0.6) is 0 Å². The van der Waals surface area contributed by atoms with Crippen LogP contribution in [-0.2, 0) is 9.53 Å². The average molecular weight is 368 g/mol. The van der Waals surface area contributed by atoms with Gasteiger partial charge in [0.25, 0.3) is 0 Å². The molecule has 4 fully saturated rings. The van der Waals surface area contributed by atoms with Gasteiger partial charge in [0.05, 0.1) is 34.9 Å². The summed E-state index contributed by atoms with van der Waals surface area (Å²) >= 11 is 0. The van der Waals surface area contributed by atoms with Crippen molar-refractivity contribution in [3.05, 3.63) is 0 Å². The van der Waals surface area contributed by atoms with Crippen molar-refractivity contribution in [3.63, 3.8) is 0 Å². The molecule has 1 spiro atoms. The Morgan fingerprint density at radius 1 is 1.08 bits per heavy atom. The number of hydrogen-bond acceptors (Lipinski definition) is 6. The molecule has 3 saturated carbocycles. The third-order valence-corrected chi connectivity index (χ3v) is 8.37. The minimum absolute atomic E-state index is 0.0592. The van der Waals surface area contributed by atoms with Crippen molar-refractivity contribution in [1.29, 1.82) is 0 Å². The summed E-state index contributed by atoms with van der Waals surface area (Å²) in [5.74, 6) is -0.706. The number of carbonyl (C=O) groups is 1. The standard InChI is InChI=1S/C20H32O6/c1-17(2)13(22)7-14-19(4,26-14)12-6-5-10-15(23)20(12,9-18(10,3)25)8-11(21)16(17)24/h10-15,21-23,25H,5-9H2,1-4H3/t10-,11-,12+,13+,14-,15-,18-,19+,20+/m1/s1. The second kappa shape index (κ2) is 5.29. The Balaban J connectivity index is 1.80. The van der Waals surface area contributed by atoms with Crippen LogP contribution in [0.25, 0.3) is 0 Å². The lowest BCUT2D eigenvalue weighted by Crippen LogP contribution is -2.54. The Labute approximate surface area is 154 Å². The zero-order valence-corrected chi connectivity index (χ0v) is 16.1. The first-order valence-corrected chi connectivity index (χ1v) is 9.85. The van der Waals surface area contributed by atoms with Crippen molar-refractivity contribution in [1.82, 2.24) is 0 Å². The highest BCUT2D eigenvalue weighted by Gasteiger charge is 2.72. The van der Waals surface area contributed by atoms with Crippen LogP contribution in [0.3, 0.4) is 0 Å². The van der Waals surface area contributed by atoms with Crippen molar-refractivity contribution >= 4 is 5.78 Å². The van der Waals surface area contributed by atoms with Gasteiger partial charge in [-0.15, -0.1) is 0 Å². The minimum Gasteiger partial charge on any atom is -0.392 e. The molecule has 148 valence electrons. The second-order valence-corrected chi connectivity index (χ2v) is 10.3. The molecule has 0 radical (unpaired) electrons. The Kier molecular flexibility index (Phi) is 3.83. The molecule has 0 unspecified atom stereocenters. The van der Waals surface area contributed by atoms with E-state index in [-0.39, 0.29) is 24.4 Å². The third kappa shape index (κ3) is 2.26. The van der Waals surface area contributed by atoms with E-state index in [4.69, 9.17) is 4.74 Å². The van der Waals surface area contributed by atoms with E-state index in [0.717, 1.165) is 6.42 Å². The first-order chi connectivity index (χ1) is 11.9. The summed E-state index contributed by atoms with van der Waals surface area (Å²) in [6.07, 6.45) is -0.826. The van der Waals surface area contributed by atoms with E-state index in [1.54, 1.807) is 20.8 Å². The molecule has 0 aromatic heterocycles. The van der Waals surface area contributed by atoms with Gasteiger partial charge in [-0.3, -0.25) is 4.79 Å². The molecule has 6 nitrogen and oxygen atoms in total. The monoisotopic (exact) mass is 368 g/mol. The minimum atomic E-state index is -1.27. The van der Waals surface area contributed by atoms with Gasteiger partial charge in [-0.2, -0.15) is 0 Å². The average Bonchev–Trinajstić information content (AvgIpc) is 3.15. The number of fused-ring (bicyclic) bond motifs is 3. The van der Waals surface area contributed by atoms with Gasteiger partial charge >= 0.3 is 0 Å². The van der Waals surface area contributed by atoms with E-state index in [2.05, 4.69) is 0 Å². The van der Waals surface area contributed by atoms with Crippen molar-refractivity contribution in [2.24, 2.45) is 22.7 Å². The van der Waals surface area contributed by atoms with E-state index in [0.29, 0.717) is 19.3 Å². The number of aliphatic hydroxyl groups excluding tert-OH is 3. The fourth-order valence-electron chi connectivity index (χ4n) is 6.67. The van der Waals surface area contributed by atoms with E-state index in [1.165, 1.54) is 0 Å². The largest absolute Gasteiger partial charge is 0.392 e. The zero-order valence-electron chi connectivity index (χ0n) is 16.1. The topological polar surface area (TPSA) is 111 Å². The molecule has 4 N–H and O–H groups in total. The molecule has 9 atom stereocenters. The lowest BCUT2D eigenvalue weighted by molar-refractivity contribution is -0.150. The van der Waals surface area contributed by atoms with Crippen LogP contribution in [0.4, 0.5) is 0 Å². The van der Waals surface area contributed by atoms with Gasteiger partial charge in [0.1, 0.15) is 6.10 Å². The third-order valence-electron chi connectivity index (χ3n) is 8.37. The maximum Gasteiger partial charge on any atom is 0.169 e. The highest BCUT2D eigenvalue weighted by atomic mass is 16.6. The van der Waals surface area contributed by atoms with Crippen LogP contribution >= 0.6 is 0 Å². The van der Waals surface area contributed by atoms with Gasteiger partial charge in [0.2, 0.25) is 0 Å². The number of ketones is 1. The number of rotatable bonds is 0. The summed E-state index contributed by atoms with van der Waals surface area (Å²) in [4.78, 5) is 12.9. The molecule has 3 aliphatic carbocycles. The first kappa shape index (κ1) is 18.8. The molecular weight excluding hydrogens is 336 g/mol. The maximum atomic E-state index is 12.9. The van der Waals surface area contributed by atoms with E-state index >= 15 is 0 Å². The molecule has 26 heavy (non-hydrogen) atoms. The SMILES string of the molecule is CC1(C)C(=O)[C@H](O)C[C@]23C[C@@](C)(O)[C@H](CC[C@H]2[C@]2(C)O[C@@H]2C[C@@H]1O)[C@H]3O. The van der Waals surface area contributed by atoms with Gasteiger partial charge in [-0.1, -0.05) is 13.8 Å². The molecule has 6 heteroatoms. The summed E-state index contributed by atoms with van der Waals surface area (Å²) in [6, 6.07) is 0. The van der Waals surface area contributed by atoms with Crippen molar-refractivity contribution in [2.45, 2.75) is 95.4 Å². The Bertz CT molecular complexity index is 630. The molecule has 0 aromatic rings. The maximum absolute atomic E-state index is 12.9. The highest BCUT2D eigenvalue weighted by Crippen LogP contribution is 2.67. The number of hydrogen-bond donors (Lipinski definition) is 4. The lowest BCUT2D eigenvalue weighted by Gasteiger charge is -2.48. The van der Waals surface area contributed by atoms with Crippen molar-refractivity contribution in [2.75, 3.05) is 0 Å².